The second kappa shape index (κ2) is 12.3. The molecule has 0 aliphatic carbocycles. The lowest BCUT2D eigenvalue weighted by atomic mass is 10.1. The highest BCUT2D eigenvalue weighted by molar-refractivity contribution is 5.61. The van der Waals surface area contributed by atoms with Crippen LogP contribution in [0.1, 0.15) is 22.3 Å². The number of rotatable bonds is 9. The van der Waals surface area contributed by atoms with Gasteiger partial charge in [-0.05, 0) is 23.3 Å². The second-order valence-electron chi connectivity index (χ2n) is 10.3. The number of aromatic nitrogens is 4. The molecule has 0 bridgehead atoms. The first-order valence-corrected chi connectivity index (χ1v) is 13.8. The predicted molar refractivity (Wildman–Crippen MR) is 155 cm³/mol. The van der Waals surface area contributed by atoms with Crippen LogP contribution in [0.25, 0.3) is 11.1 Å². The van der Waals surface area contributed by atoms with Gasteiger partial charge in [0.2, 0.25) is 0 Å². The van der Waals surface area contributed by atoms with Crippen molar-refractivity contribution < 1.29 is 18.3 Å². The van der Waals surface area contributed by atoms with Crippen LogP contribution in [0.3, 0.4) is 0 Å². The van der Waals surface area contributed by atoms with Crippen LogP contribution < -0.4 is 18.3 Å². The van der Waals surface area contributed by atoms with Gasteiger partial charge in [-0.15, -0.1) is 0 Å². The molecule has 4 heteroatoms. The zero-order chi connectivity index (χ0) is 27.0. The predicted octanol–water partition coefficient (Wildman–Crippen LogP) is 4.70. The van der Waals surface area contributed by atoms with Crippen molar-refractivity contribution in [2.45, 2.75) is 26.2 Å². The number of hydrogen-bond acceptors (Lipinski definition) is 0. The molecule has 0 atom stereocenters. The monoisotopic (exact) mass is 522 g/mol. The summed E-state index contributed by atoms with van der Waals surface area (Å²) in [7, 11) is 0. The molecule has 0 radical (unpaired) electrons. The molecule has 0 spiro atoms. The van der Waals surface area contributed by atoms with Crippen molar-refractivity contribution in [3.05, 3.63) is 181 Å². The van der Waals surface area contributed by atoms with Gasteiger partial charge in [0, 0.05) is 70.8 Å². The SMILES string of the molecule is c1cc[n+](Cc2cccc(C[n+]3ccc(-c4cc[n+](Cc5cccc(C[n+]6ccccc6)c5)cc4)cc3)c2)cc1. The summed E-state index contributed by atoms with van der Waals surface area (Å²) in [5.74, 6) is 0. The minimum absolute atomic E-state index is 0.851. The average molecular weight is 523 g/mol. The van der Waals surface area contributed by atoms with E-state index < -0.39 is 0 Å². The number of benzene rings is 2. The van der Waals surface area contributed by atoms with E-state index in [2.05, 4.69) is 165 Å². The lowest BCUT2D eigenvalue weighted by Gasteiger charge is -2.04. The van der Waals surface area contributed by atoms with Crippen molar-refractivity contribution in [3.63, 3.8) is 0 Å². The van der Waals surface area contributed by atoms with Gasteiger partial charge in [0.25, 0.3) is 0 Å². The van der Waals surface area contributed by atoms with E-state index in [1.165, 1.54) is 33.4 Å². The third kappa shape index (κ3) is 6.72. The molecular weight excluding hydrogens is 488 g/mol. The lowest BCUT2D eigenvalue weighted by molar-refractivity contribution is -0.689. The van der Waals surface area contributed by atoms with Gasteiger partial charge < -0.3 is 0 Å². The highest BCUT2D eigenvalue weighted by atomic mass is 14.9. The maximum Gasteiger partial charge on any atom is 0.173 e. The quantitative estimate of drug-likeness (QED) is 0.245. The fourth-order valence-electron chi connectivity index (χ4n) is 5.09. The van der Waals surface area contributed by atoms with Crippen molar-refractivity contribution >= 4 is 0 Å². The third-order valence-corrected chi connectivity index (χ3v) is 7.11. The van der Waals surface area contributed by atoms with E-state index in [4.69, 9.17) is 0 Å². The molecule has 0 fully saturated rings. The summed E-state index contributed by atoms with van der Waals surface area (Å²) in [6, 6.07) is 38.9. The largest absolute Gasteiger partial charge is 0.201 e. The Bertz CT molecular complexity index is 1530. The Morgan fingerprint density at radius 1 is 0.300 bits per heavy atom. The van der Waals surface area contributed by atoms with Crippen LogP contribution in [0.4, 0.5) is 0 Å². The van der Waals surface area contributed by atoms with Gasteiger partial charge in [-0.2, -0.15) is 0 Å². The molecule has 4 aromatic heterocycles. The number of nitrogens with zero attached hydrogens (tertiary/aromatic N) is 4. The van der Waals surface area contributed by atoms with Gasteiger partial charge in [0.1, 0.15) is 0 Å². The van der Waals surface area contributed by atoms with Gasteiger partial charge >= 0.3 is 0 Å². The minimum Gasteiger partial charge on any atom is -0.201 e. The van der Waals surface area contributed by atoms with Crippen molar-refractivity contribution in [1.82, 2.24) is 0 Å². The molecule has 0 aliphatic rings. The van der Waals surface area contributed by atoms with Crippen LogP contribution in [-0.2, 0) is 26.2 Å². The fraction of sp³-hybridized carbons (Fsp3) is 0.111. The van der Waals surface area contributed by atoms with Gasteiger partial charge in [-0.1, -0.05) is 48.5 Å². The summed E-state index contributed by atoms with van der Waals surface area (Å²) in [6.45, 7) is 3.46. The molecule has 4 nitrogen and oxygen atoms in total. The smallest absolute Gasteiger partial charge is 0.173 e. The van der Waals surface area contributed by atoms with Crippen LogP contribution in [-0.4, -0.2) is 0 Å². The van der Waals surface area contributed by atoms with Gasteiger partial charge in [0.05, 0.1) is 0 Å². The molecule has 0 amide bonds. The molecule has 0 saturated heterocycles. The van der Waals surface area contributed by atoms with Crippen LogP contribution in [0.5, 0.6) is 0 Å². The normalized spacial score (nSPS) is 10.9. The Labute approximate surface area is 236 Å². The molecule has 6 aromatic rings. The molecule has 0 unspecified atom stereocenters. The molecule has 0 saturated carbocycles. The molecule has 40 heavy (non-hydrogen) atoms. The van der Waals surface area contributed by atoms with Gasteiger partial charge in [-0.25, -0.2) is 18.3 Å². The van der Waals surface area contributed by atoms with E-state index >= 15 is 0 Å². The van der Waals surface area contributed by atoms with Crippen LogP contribution >= 0.6 is 0 Å². The summed E-state index contributed by atoms with van der Waals surface area (Å²) < 4.78 is 8.88. The Morgan fingerprint density at radius 2 is 0.600 bits per heavy atom. The molecular formula is C36H34N4+4. The summed E-state index contributed by atoms with van der Waals surface area (Å²) in [6.07, 6.45) is 17.1. The van der Waals surface area contributed by atoms with Crippen LogP contribution in [0, 0.1) is 0 Å². The maximum absolute atomic E-state index is 2.30. The number of pyridine rings is 4. The molecule has 2 aromatic carbocycles. The van der Waals surface area contributed by atoms with Crippen molar-refractivity contribution in [2.24, 2.45) is 0 Å². The van der Waals surface area contributed by atoms with E-state index in [1.807, 2.05) is 12.1 Å². The zero-order valence-corrected chi connectivity index (χ0v) is 22.6. The van der Waals surface area contributed by atoms with Gasteiger partial charge in [0.15, 0.2) is 75.8 Å². The summed E-state index contributed by atoms with van der Waals surface area (Å²) in [4.78, 5) is 0. The highest BCUT2D eigenvalue weighted by Gasteiger charge is 2.10. The first-order chi connectivity index (χ1) is 19.8. The second-order valence-corrected chi connectivity index (χ2v) is 10.3. The average Bonchev–Trinajstić information content (AvgIpc) is 3.00. The highest BCUT2D eigenvalue weighted by Crippen LogP contribution is 2.16. The maximum atomic E-state index is 2.30. The molecule has 0 N–H and O–H groups in total. The number of hydrogen-bond donors (Lipinski definition) is 0. The van der Waals surface area contributed by atoms with Gasteiger partial charge in [-0.3, -0.25) is 0 Å². The van der Waals surface area contributed by atoms with E-state index in [-0.39, 0.29) is 0 Å². The van der Waals surface area contributed by atoms with Crippen molar-refractivity contribution in [3.8, 4) is 11.1 Å². The van der Waals surface area contributed by atoms with Crippen LogP contribution in [0.2, 0.25) is 0 Å². The first kappa shape index (κ1) is 25.3. The van der Waals surface area contributed by atoms with Crippen LogP contribution in [0.15, 0.2) is 159 Å². The molecule has 4 heterocycles. The Morgan fingerprint density at radius 3 is 0.925 bits per heavy atom. The standard InChI is InChI=1S/C36H34N4/c1-3-17-37(18-4-1)27-31-9-7-11-33(25-31)29-39-21-13-35(14-22-39)36-15-23-40(24-16-36)30-34-12-8-10-32(26-34)28-38-19-5-2-6-20-38/h1-26H,27-30H2/q+4. The van der Waals surface area contributed by atoms with E-state index in [9.17, 15) is 0 Å². The van der Waals surface area contributed by atoms with E-state index in [1.54, 1.807) is 0 Å². The molecule has 6 rings (SSSR count). The summed E-state index contributed by atoms with van der Waals surface area (Å²) in [5.41, 5.74) is 7.67. The lowest BCUT2D eigenvalue weighted by Crippen LogP contribution is -2.34. The van der Waals surface area contributed by atoms with E-state index in [0.717, 1.165) is 26.2 Å². The fourth-order valence-corrected chi connectivity index (χ4v) is 5.09. The topological polar surface area (TPSA) is 15.5 Å². The summed E-state index contributed by atoms with van der Waals surface area (Å²) >= 11 is 0. The zero-order valence-electron chi connectivity index (χ0n) is 22.6. The Hall–Kier alpha value is -4.96. The van der Waals surface area contributed by atoms with Crippen molar-refractivity contribution in [1.29, 1.82) is 0 Å². The molecule has 0 aliphatic heterocycles. The minimum atomic E-state index is 0.851. The molecule has 194 valence electrons. The van der Waals surface area contributed by atoms with Crippen molar-refractivity contribution in [2.75, 3.05) is 0 Å². The third-order valence-electron chi connectivity index (χ3n) is 7.11. The summed E-state index contributed by atoms with van der Waals surface area (Å²) in [5, 5.41) is 0. The first-order valence-electron chi connectivity index (χ1n) is 13.8. The Balaban J connectivity index is 1.08. The Kier molecular flexibility index (Phi) is 7.77. The van der Waals surface area contributed by atoms with E-state index in [0.29, 0.717) is 0 Å².